The molecular formula is C18H26O5. The Morgan fingerprint density at radius 3 is 2.78 bits per heavy atom. The van der Waals surface area contributed by atoms with Gasteiger partial charge in [0.15, 0.2) is 18.2 Å². The summed E-state index contributed by atoms with van der Waals surface area (Å²) < 4.78 is 18.2. The highest BCUT2D eigenvalue weighted by atomic mass is 17.3. The van der Waals surface area contributed by atoms with Crippen molar-refractivity contribution >= 4 is 0 Å². The van der Waals surface area contributed by atoms with Crippen LogP contribution in [0.1, 0.15) is 46.5 Å². The third kappa shape index (κ3) is 2.20. The van der Waals surface area contributed by atoms with E-state index in [1.165, 1.54) is 6.42 Å². The third-order valence-electron chi connectivity index (χ3n) is 6.43. The van der Waals surface area contributed by atoms with Crippen LogP contribution in [0.25, 0.3) is 0 Å². The Hall–Kier alpha value is -0.640. The Labute approximate surface area is 137 Å². The Balaban J connectivity index is 1.72. The first kappa shape index (κ1) is 15.9. The Morgan fingerprint density at radius 1 is 1.17 bits per heavy atom. The van der Waals surface area contributed by atoms with Crippen LogP contribution in [0.5, 0.6) is 0 Å². The molecule has 0 aromatic heterocycles. The minimum Gasteiger partial charge on any atom is -0.340 e. The average molecular weight is 322 g/mol. The molecule has 1 saturated carbocycles. The molecule has 0 radical (unpaired) electrons. The highest BCUT2D eigenvalue weighted by Crippen LogP contribution is 2.60. The van der Waals surface area contributed by atoms with Crippen molar-refractivity contribution in [2.75, 3.05) is 6.61 Å². The molecule has 0 amide bonds. The van der Waals surface area contributed by atoms with E-state index in [9.17, 15) is 0 Å². The molecule has 0 aromatic rings. The van der Waals surface area contributed by atoms with Crippen LogP contribution in [0, 0.1) is 36.0 Å². The van der Waals surface area contributed by atoms with Crippen molar-refractivity contribution in [3.05, 3.63) is 0 Å². The van der Waals surface area contributed by atoms with Gasteiger partial charge in [-0.25, -0.2) is 9.78 Å². The molecule has 1 aliphatic carbocycles. The molecular weight excluding hydrogens is 296 g/mol. The van der Waals surface area contributed by atoms with Gasteiger partial charge in [-0.3, -0.25) is 0 Å². The van der Waals surface area contributed by atoms with Gasteiger partial charge < -0.3 is 14.2 Å². The second-order valence-corrected chi connectivity index (χ2v) is 7.79. The molecule has 4 aliphatic heterocycles. The number of hydrogen-bond donors (Lipinski definition) is 0. The summed E-state index contributed by atoms with van der Waals surface area (Å²) in [6.07, 6.45) is 8.64. The van der Waals surface area contributed by atoms with Crippen molar-refractivity contribution < 1.29 is 24.0 Å². The zero-order chi connectivity index (χ0) is 16.2. The maximum absolute atomic E-state index is 6.23. The van der Waals surface area contributed by atoms with Crippen molar-refractivity contribution in [1.82, 2.24) is 0 Å². The van der Waals surface area contributed by atoms with Gasteiger partial charge in [0.1, 0.15) is 6.61 Å². The van der Waals surface area contributed by atoms with Crippen LogP contribution in [0.15, 0.2) is 0 Å². The summed E-state index contributed by atoms with van der Waals surface area (Å²) in [7, 11) is 0. The van der Waals surface area contributed by atoms with Gasteiger partial charge in [-0.15, -0.1) is 6.42 Å². The molecule has 2 bridgehead atoms. The van der Waals surface area contributed by atoms with Gasteiger partial charge in [0.25, 0.3) is 0 Å². The molecule has 23 heavy (non-hydrogen) atoms. The number of ether oxygens (including phenoxy) is 3. The van der Waals surface area contributed by atoms with Crippen LogP contribution < -0.4 is 0 Å². The lowest BCUT2D eigenvalue weighted by atomic mass is 9.58. The highest BCUT2D eigenvalue weighted by Gasteiger charge is 2.69. The molecule has 5 fully saturated rings. The van der Waals surface area contributed by atoms with Crippen molar-refractivity contribution in [2.45, 2.75) is 70.4 Å². The SMILES string of the molecule is C#CCO[C@H]1O[C@@H]2O[C@@]3(C)CCC4[C@H](C)CCC([C@H]1C)[C@]42OO3. The van der Waals surface area contributed by atoms with Crippen molar-refractivity contribution in [3.63, 3.8) is 0 Å². The van der Waals surface area contributed by atoms with Gasteiger partial charge in [0.05, 0.1) is 0 Å². The van der Waals surface area contributed by atoms with Crippen LogP contribution in [-0.4, -0.2) is 30.6 Å². The normalized spacial score (nSPS) is 54.9. The fourth-order valence-corrected chi connectivity index (χ4v) is 5.19. The molecule has 4 saturated heterocycles. The maximum Gasteiger partial charge on any atom is 0.201 e. The van der Waals surface area contributed by atoms with Gasteiger partial charge in [0, 0.05) is 18.3 Å². The van der Waals surface area contributed by atoms with Gasteiger partial charge >= 0.3 is 0 Å². The molecule has 5 aliphatic rings. The topological polar surface area (TPSA) is 46.2 Å². The maximum atomic E-state index is 6.23. The standard InChI is InChI=1S/C18H26O5/c1-5-10-19-15-12(3)14-7-6-11(2)13-8-9-17(4)21-16(20-15)18(13,14)23-22-17/h1,11-16H,6-10H2,2-4H3/t11-,12-,13?,14?,15+,16-,17-,18-/m1/s1. The van der Waals surface area contributed by atoms with Crippen LogP contribution in [-0.2, 0) is 24.0 Å². The second-order valence-electron chi connectivity index (χ2n) is 7.79. The molecule has 4 heterocycles. The van der Waals surface area contributed by atoms with Crippen molar-refractivity contribution in [2.24, 2.45) is 23.7 Å². The number of rotatable bonds is 2. The quantitative estimate of drug-likeness (QED) is 0.578. The van der Waals surface area contributed by atoms with Gasteiger partial charge in [0.2, 0.25) is 5.79 Å². The van der Waals surface area contributed by atoms with Gasteiger partial charge in [-0.1, -0.05) is 19.8 Å². The largest absolute Gasteiger partial charge is 0.340 e. The molecule has 128 valence electrons. The molecule has 5 nitrogen and oxygen atoms in total. The van der Waals surface area contributed by atoms with E-state index in [0.717, 1.165) is 19.3 Å². The van der Waals surface area contributed by atoms with Gasteiger partial charge in [-0.05, 0) is 38.0 Å². The minimum absolute atomic E-state index is 0.184. The first-order chi connectivity index (χ1) is 11.0. The van der Waals surface area contributed by atoms with Crippen molar-refractivity contribution in [3.8, 4) is 12.3 Å². The third-order valence-corrected chi connectivity index (χ3v) is 6.43. The summed E-state index contributed by atoms with van der Waals surface area (Å²) in [5, 5.41) is 0. The summed E-state index contributed by atoms with van der Waals surface area (Å²) in [5.41, 5.74) is -0.525. The average Bonchev–Trinajstić information content (AvgIpc) is 2.76. The second kappa shape index (κ2) is 5.44. The molecule has 8 atom stereocenters. The van der Waals surface area contributed by atoms with E-state index in [1.807, 2.05) is 6.92 Å². The molecule has 5 heteroatoms. The van der Waals surface area contributed by atoms with Gasteiger partial charge in [-0.2, -0.15) is 0 Å². The summed E-state index contributed by atoms with van der Waals surface area (Å²) in [6, 6.07) is 0. The van der Waals surface area contributed by atoms with E-state index in [0.29, 0.717) is 11.8 Å². The lowest BCUT2D eigenvalue weighted by Gasteiger charge is -2.60. The lowest BCUT2D eigenvalue weighted by molar-refractivity contribution is -0.577. The zero-order valence-electron chi connectivity index (χ0n) is 14.1. The summed E-state index contributed by atoms with van der Waals surface area (Å²) in [6.45, 7) is 6.64. The van der Waals surface area contributed by atoms with Crippen LogP contribution in [0.2, 0.25) is 0 Å². The van der Waals surface area contributed by atoms with E-state index in [-0.39, 0.29) is 24.7 Å². The van der Waals surface area contributed by atoms with Crippen LogP contribution in [0.4, 0.5) is 0 Å². The van der Waals surface area contributed by atoms with Crippen molar-refractivity contribution in [1.29, 1.82) is 0 Å². The van der Waals surface area contributed by atoms with E-state index >= 15 is 0 Å². The summed E-state index contributed by atoms with van der Waals surface area (Å²) >= 11 is 0. The molecule has 0 N–H and O–H groups in total. The molecule has 5 rings (SSSR count). The Kier molecular flexibility index (Phi) is 3.75. The van der Waals surface area contributed by atoms with E-state index < -0.39 is 17.7 Å². The zero-order valence-corrected chi connectivity index (χ0v) is 14.1. The fraction of sp³-hybridized carbons (Fsp3) is 0.889. The fourth-order valence-electron chi connectivity index (χ4n) is 5.19. The monoisotopic (exact) mass is 322 g/mol. The molecule has 1 spiro atoms. The number of hydrogen-bond acceptors (Lipinski definition) is 5. The predicted octanol–water partition coefficient (Wildman–Crippen LogP) is 2.84. The number of terminal acetylenes is 1. The van der Waals surface area contributed by atoms with Crippen LogP contribution >= 0.6 is 0 Å². The van der Waals surface area contributed by atoms with E-state index in [1.54, 1.807) is 0 Å². The molecule has 0 aromatic carbocycles. The Morgan fingerprint density at radius 2 is 2.00 bits per heavy atom. The van der Waals surface area contributed by atoms with E-state index in [2.05, 4.69) is 19.8 Å². The smallest absolute Gasteiger partial charge is 0.201 e. The molecule has 2 unspecified atom stereocenters. The predicted molar refractivity (Wildman–Crippen MR) is 81.6 cm³/mol. The van der Waals surface area contributed by atoms with E-state index in [4.69, 9.17) is 30.4 Å². The number of fused-ring (bicyclic) bond motifs is 2. The first-order valence-corrected chi connectivity index (χ1v) is 8.75. The highest BCUT2D eigenvalue weighted by molar-refractivity contribution is 5.09. The Bertz CT molecular complexity index is 516. The first-order valence-electron chi connectivity index (χ1n) is 8.75. The summed E-state index contributed by atoms with van der Waals surface area (Å²) in [4.78, 5) is 11.8. The summed E-state index contributed by atoms with van der Waals surface area (Å²) in [5.74, 6) is 3.20. The van der Waals surface area contributed by atoms with Crippen LogP contribution in [0.3, 0.4) is 0 Å². The minimum atomic E-state index is -0.741. The lowest BCUT2D eigenvalue weighted by Crippen LogP contribution is -2.70.